The van der Waals surface area contributed by atoms with Crippen molar-refractivity contribution in [1.29, 1.82) is 0 Å². The van der Waals surface area contributed by atoms with Gasteiger partial charge in [0.25, 0.3) is 5.91 Å². The number of aliphatic carboxylic acids is 1. The van der Waals surface area contributed by atoms with Gasteiger partial charge in [0.2, 0.25) is 0 Å². The minimum Gasteiger partial charge on any atom is -0.478 e. The summed E-state index contributed by atoms with van der Waals surface area (Å²) in [6.45, 7) is 3.63. The van der Waals surface area contributed by atoms with E-state index in [1.54, 1.807) is 13.1 Å². The summed E-state index contributed by atoms with van der Waals surface area (Å²) in [6.07, 6.45) is 3.10. The van der Waals surface area contributed by atoms with Crippen LogP contribution in [-0.2, 0) is 9.59 Å². The molecule has 1 aromatic heterocycles. The lowest BCUT2D eigenvalue weighted by atomic mass is 10.3. The van der Waals surface area contributed by atoms with Crippen LogP contribution in [0.4, 0.5) is 4.79 Å². The molecule has 7 nitrogen and oxygen atoms in total. The molecule has 0 bridgehead atoms. The fraction of sp³-hybridized carbons (Fsp3) is 0.273. The number of carbonyl (C=O) groups excluding carboxylic acids is 2. The van der Waals surface area contributed by atoms with E-state index in [4.69, 9.17) is 5.11 Å². The Kier molecular flexibility index (Phi) is 5.19. The van der Waals surface area contributed by atoms with Crippen LogP contribution in [0.2, 0.25) is 0 Å². The van der Waals surface area contributed by atoms with Crippen molar-refractivity contribution in [3.63, 3.8) is 0 Å². The van der Waals surface area contributed by atoms with Gasteiger partial charge in [0.05, 0.1) is 6.04 Å². The Morgan fingerprint density at radius 3 is 2.63 bits per heavy atom. The van der Waals surface area contributed by atoms with Gasteiger partial charge in [-0.15, -0.1) is 11.3 Å². The summed E-state index contributed by atoms with van der Waals surface area (Å²) < 4.78 is 0. The predicted molar refractivity (Wildman–Crippen MR) is 68.7 cm³/mol. The maximum Gasteiger partial charge on any atom is 0.328 e. The number of urea groups is 1. The van der Waals surface area contributed by atoms with E-state index in [2.05, 4.69) is 10.3 Å². The predicted octanol–water partition coefficient (Wildman–Crippen LogP) is 0.979. The Hall–Kier alpha value is -2.22. The van der Waals surface area contributed by atoms with Gasteiger partial charge in [0.15, 0.2) is 0 Å². The normalized spacial score (nSPS) is 12.1. The van der Waals surface area contributed by atoms with E-state index in [9.17, 15) is 14.4 Å². The highest BCUT2D eigenvalue weighted by molar-refractivity contribution is 7.11. The van der Waals surface area contributed by atoms with Gasteiger partial charge in [-0.2, -0.15) is 0 Å². The molecule has 0 aliphatic rings. The Balaban J connectivity index is 2.47. The fourth-order valence-corrected chi connectivity index (χ4v) is 1.94. The Bertz CT molecular complexity index is 524. The van der Waals surface area contributed by atoms with Gasteiger partial charge in [-0.05, 0) is 13.8 Å². The summed E-state index contributed by atoms with van der Waals surface area (Å²) in [6, 6.07) is -1.05. The third-order valence-corrected chi connectivity index (χ3v) is 3.07. The summed E-state index contributed by atoms with van der Waals surface area (Å²) in [5, 5.41) is 13.5. The molecule has 1 aromatic rings. The minimum absolute atomic E-state index is 0.338. The van der Waals surface area contributed by atoms with Crippen LogP contribution in [0.1, 0.15) is 22.9 Å². The molecule has 1 unspecified atom stereocenters. The van der Waals surface area contributed by atoms with Crippen LogP contribution in [0.15, 0.2) is 18.3 Å². The quantitative estimate of drug-likeness (QED) is 0.714. The molecule has 8 heteroatoms. The molecule has 0 fully saturated rings. The van der Waals surface area contributed by atoms with E-state index in [0.717, 1.165) is 16.0 Å². The number of carboxylic acid groups (broad SMARTS) is 1. The van der Waals surface area contributed by atoms with Crippen LogP contribution in [0.25, 0.3) is 0 Å². The van der Waals surface area contributed by atoms with Crippen molar-refractivity contribution in [1.82, 2.24) is 15.6 Å². The van der Waals surface area contributed by atoms with Gasteiger partial charge >= 0.3 is 12.0 Å². The number of nitrogens with one attached hydrogen (secondary N) is 2. The smallest absolute Gasteiger partial charge is 0.328 e. The van der Waals surface area contributed by atoms with Crippen LogP contribution in [0.5, 0.6) is 0 Å². The Labute approximate surface area is 113 Å². The molecular weight excluding hydrogens is 270 g/mol. The van der Waals surface area contributed by atoms with Crippen molar-refractivity contribution in [3.05, 3.63) is 28.2 Å². The number of carbonyl (C=O) groups is 3. The summed E-state index contributed by atoms with van der Waals surface area (Å²) in [5.41, 5.74) is 0. The van der Waals surface area contributed by atoms with Gasteiger partial charge in [-0.25, -0.2) is 14.6 Å². The zero-order chi connectivity index (χ0) is 14.4. The number of rotatable bonds is 4. The van der Waals surface area contributed by atoms with Crippen LogP contribution >= 0.6 is 11.3 Å². The number of amides is 3. The Morgan fingerprint density at radius 2 is 2.11 bits per heavy atom. The standard InChI is InChI=1S/C11H13N3O4S/c1-6-5-12-10(19-6)7(2)13-11(18)14-8(15)3-4-9(16)17/h3-5,7H,1-2H3,(H,16,17)(H2,13,14,15,18)/b4-3+. The molecule has 0 saturated heterocycles. The number of imide groups is 1. The zero-order valence-corrected chi connectivity index (χ0v) is 11.2. The number of aromatic nitrogens is 1. The molecular formula is C11H13N3O4S. The molecule has 0 spiro atoms. The van der Waals surface area contributed by atoms with Crippen LogP contribution in [0.3, 0.4) is 0 Å². The maximum atomic E-state index is 11.4. The first-order chi connectivity index (χ1) is 8.88. The van der Waals surface area contributed by atoms with Gasteiger partial charge in [-0.3, -0.25) is 10.1 Å². The van der Waals surface area contributed by atoms with E-state index in [0.29, 0.717) is 6.08 Å². The lowest BCUT2D eigenvalue weighted by Crippen LogP contribution is -2.39. The molecule has 1 atom stereocenters. The monoisotopic (exact) mass is 283 g/mol. The summed E-state index contributed by atoms with van der Waals surface area (Å²) in [4.78, 5) is 37.9. The maximum absolute atomic E-state index is 11.4. The van der Waals surface area contributed by atoms with Gasteiger partial charge < -0.3 is 10.4 Å². The van der Waals surface area contributed by atoms with Crippen molar-refractivity contribution in [2.45, 2.75) is 19.9 Å². The van der Waals surface area contributed by atoms with Crippen LogP contribution in [-0.4, -0.2) is 28.0 Å². The summed E-state index contributed by atoms with van der Waals surface area (Å²) >= 11 is 1.44. The number of carboxylic acids is 1. The highest BCUT2D eigenvalue weighted by atomic mass is 32.1. The molecule has 1 rings (SSSR count). The molecule has 0 radical (unpaired) electrons. The van der Waals surface area contributed by atoms with Crippen molar-refractivity contribution >= 4 is 29.2 Å². The number of thiazole rings is 1. The first kappa shape index (κ1) is 14.8. The van der Waals surface area contributed by atoms with Crippen molar-refractivity contribution < 1.29 is 19.5 Å². The van der Waals surface area contributed by atoms with E-state index in [-0.39, 0.29) is 6.04 Å². The zero-order valence-electron chi connectivity index (χ0n) is 10.3. The molecule has 102 valence electrons. The molecule has 0 saturated carbocycles. The molecule has 3 N–H and O–H groups in total. The minimum atomic E-state index is -1.26. The second kappa shape index (κ2) is 6.64. The van der Waals surface area contributed by atoms with Crippen LogP contribution < -0.4 is 10.6 Å². The number of aryl methyl sites for hydroxylation is 1. The van der Waals surface area contributed by atoms with Gasteiger partial charge in [-0.1, -0.05) is 0 Å². The third kappa shape index (κ3) is 5.30. The lowest BCUT2D eigenvalue weighted by Gasteiger charge is -2.10. The van der Waals surface area contributed by atoms with E-state index in [1.807, 2.05) is 12.2 Å². The largest absolute Gasteiger partial charge is 0.478 e. The fourth-order valence-electron chi connectivity index (χ4n) is 1.17. The summed E-state index contributed by atoms with van der Waals surface area (Å²) in [5.74, 6) is -2.07. The average Bonchev–Trinajstić information content (AvgIpc) is 2.73. The van der Waals surface area contributed by atoms with Gasteiger partial charge in [0, 0.05) is 23.2 Å². The molecule has 3 amide bonds. The van der Waals surface area contributed by atoms with Crippen molar-refractivity contribution in [2.24, 2.45) is 0 Å². The van der Waals surface area contributed by atoms with Gasteiger partial charge in [0.1, 0.15) is 5.01 Å². The number of hydrogen-bond acceptors (Lipinski definition) is 5. The van der Waals surface area contributed by atoms with Crippen LogP contribution in [0, 0.1) is 6.92 Å². The second-order valence-corrected chi connectivity index (χ2v) is 4.93. The second-order valence-electron chi connectivity index (χ2n) is 3.67. The third-order valence-electron chi connectivity index (χ3n) is 1.97. The first-order valence-electron chi connectivity index (χ1n) is 5.33. The van der Waals surface area contributed by atoms with Crippen molar-refractivity contribution in [2.75, 3.05) is 0 Å². The molecule has 19 heavy (non-hydrogen) atoms. The van der Waals surface area contributed by atoms with E-state index >= 15 is 0 Å². The number of nitrogens with zero attached hydrogens (tertiary/aromatic N) is 1. The number of hydrogen-bond donors (Lipinski definition) is 3. The first-order valence-corrected chi connectivity index (χ1v) is 6.15. The highest BCUT2D eigenvalue weighted by Crippen LogP contribution is 2.18. The molecule has 0 aliphatic heterocycles. The van der Waals surface area contributed by atoms with E-state index in [1.165, 1.54) is 11.3 Å². The average molecular weight is 283 g/mol. The Morgan fingerprint density at radius 1 is 1.42 bits per heavy atom. The molecule has 1 heterocycles. The van der Waals surface area contributed by atoms with E-state index < -0.39 is 17.9 Å². The summed E-state index contributed by atoms with van der Waals surface area (Å²) in [7, 11) is 0. The topological polar surface area (TPSA) is 108 Å². The molecule has 0 aromatic carbocycles. The lowest BCUT2D eigenvalue weighted by molar-refractivity contribution is -0.131. The molecule has 0 aliphatic carbocycles. The SMILES string of the molecule is Cc1cnc(C(C)NC(=O)NC(=O)/C=C/C(=O)O)s1. The highest BCUT2D eigenvalue weighted by Gasteiger charge is 2.13. The van der Waals surface area contributed by atoms with Crippen molar-refractivity contribution in [3.8, 4) is 0 Å².